The van der Waals surface area contributed by atoms with Gasteiger partial charge >= 0.3 is 0 Å². The highest BCUT2D eigenvalue weighted by Gasteiger charge is 2.32. The molecule has 0 aliphatic heterocycles. The topological polar surface area (TPSA) is 21.3 Å². The maximum atomic E-state index is 6.07. The number of aryl methyl sites for hydroxylation is 2. The summed E-state index contributed by atoms with van der Waals surface area (Å²) in [7, 11) is 0. The van der Waals surface area contributed by atoms with Gasteiger partial charge in [-0.3, -0.25) is 0 Å². The van der Waals surface area contributed by atoms with E-state index in [1.165, 1.54) is 16.7 Å². The summed E-state index contributed by atoms with van der Waals surface area (Å²) in [5.74, 6) is 0. The van der Waals surface area contributed by atoms with Crippen molar-refractivity contribution in [2.75, 3.05) is 13.2 Å². The second-order valence-electron chi connectivity index (χ2n) is 5.84. The number of rotatable bonds is 8. The Kier molecular flexibility index (Phi) is 6.70. The van der Waals surface area contributed by atoms with Crippen LogP contribution in [0.5, 0.6) is 0 Å². The summed E-state index contributed by atoms with van der Waals surface area (Å²) in [4.78, 5) is 0. The SMILES string of the molecule is CCNC(Cc1cc(C)ccc1C)C(C)(CC)OCC. The Morgan fingerprint density at radius 1 is 1.20 bits per heavy atom. The zero-order chi connectivity index (χ0) is 15.2. The average molecular weight is 277 g/mol. The first-order chi connectivity index (χ1) is 9.46. The van der Waals surface area contributed by atoms with Gasteiger partial charge in [0.25, 0.3) is 0 Å². The second kappa shape index (κ2) is 7.80. The van der Waals surface area contributed by atoms with Crippen LogP contribution >= 0.6 is 0 Å². The minimum absolute atomic E-state index is 0.110. The maximum absolute atomic E-state index is 6.07. The molecule has 0 heterocycles. The van der Waals surface area contributed by atoms with Crippen LogP contribution in [-0.4, -0.2) is 24.8 Å². The van der Waals surface area contributed by atoms with E-state index in [-0.39, 0.29) is 5.60 Å². The Bertz CT molecular complexity index is 416. The van der Waals surface area contributed by atoms with Crippen molar-refractivity contribution in [2.24, 2.45) is 0 Å². The molecule has 2 unspecified atom stereocenters. The van der Waals surface area contributed by atoms with Crippen LogP contribution in [-0.2, 0) is 11.2 Å². The van der Waals surface area contributed by atoms with Crippen molar-refractivity contribution in [1.29, 1.82) is 0 Å². The van der Waals surface area contributed by atoms with E-state index in [0.717, 1.165) is 26.0 Å². The molecule has 1 aromatic rings. The van der Waals surface area contributed by atoms with Crippen LogP contribution in [0.25, 0.3) is 0 Å². The summed E-state index contributed by atoms with van der Waals surface area (Å²) < 4.78 is 6.07. The molecule has 114 valence electrons. The van der Waals surface area contributed by atoms with Crippen LogP contribution < -0.4 is 5.32 Å². The Labute approximate surface area is 124 Å². The number of hydrogen-bond donors (Lipinski definition) is 1. The molecule has 0 aromatic heterocycles. The van der Waals surface area contributed by atoms with Crippen molar-refractivity contribution in [1.82, 2.24) is 5.32 Å². The van der Waals surface area contributed by atoms with Gasteiger partial charge in [0.15, 0.2) is 0 Å². The van der Waals surface area contributed by atoms with Gasteiger partial charge < -0.3 is 10.1 Å². The number of likely N-dealkylation sites (N-methyl/N-ethyl adjacent to an activating group) is 1. The first kappa shape index (κ1) is 17.2. The van der Waals surface area contributed by atoms with Gasteiger partial charge in [-0.2, -0.15) is 0 Å². The number of hydrogen-bond acceptors (Lipinski definition) is 2. The highest BCUT2D eigenvalue weighted by molar-refractivity contribution is 5.31. The number of benzene rings is 1. The Balaban J connectivity index is 2.99. The molecule has 20 heavy (non-hydrogen) atoms. The summed E-state index contributed by atoms with van der Waals surface area (Å²) in [6, 6.07) is 7.06. The van der Waals surface area contributed by atoms with Crippen LogP contribution in [0.3, 0.4) is 0 Å². The van der Waals surface area contributed by atoms with Crippen molar-refractivity contribution in [3.05, 3.63) is 34.9 Å². The third-order valence-electron chi connectivity index (χ3n) is 4.29. The standard InChI is InChI=1S/C18H31NO/c1-7-18(6,20-9-3)17(19-8-2)13-16-12-14(4)10-11-15(16)5/h10-12,17,19H,7-9,13H2,1-6H3. The molecule has 1 rings (SSSR count). The smallest absolute Gasteiger partial charge is 0.0807 e. The largest absolute Gasteiger partial charge is 0.374 e. The molecule has 0 saturated heterocycles. The van der Waals surface area contributed by atoms with E-state index in [0.29, 0.717) is 6.04 Å². The number of ether oxygens (including phenoxy) is 1. The minimum atomic E-state index is -0.110. The highest BCUT2D eigenvalue weighted by Crippen LogP contribution is 2.25. The van der Waals surface area contributed by atoms with Crippen molar-refractivity contribution in [2.45, 2.75) is 66.0 Å². The van der Waals surface area contributed by atoms with Crippen LogP contribution in [0.15, 0.2) is 18.2 Å². The van der Waals surface area contributed by atoms with Gasteiger partial charge in [-0.05, 0) is 58.2 Å². The molecule has 1 aromatic carbocycles. The summed E-state index contributed by atoms with van der Waals surface area (Å²) >= 11 is 0. The fraction of sp³-hybridized carbons (Fsp3) is 0.667. The van der Waals surface area contributed by atoms with Crippen molar-refractivity contribution < 1.29 is 4.74 Å². The highest BCUT2D eigenvalue weighted by atomic mass is 16.5. The van der Waals surface area contributed by atoms with Crippen molar-refractivity contribution >= 4 is 0 Å². The van der Waals surface area contributed by atoms with E-state index in [4.69, 9.17) is 4.74 Å². The molecule has 2 heteroatoms. The Morgan fingerprint density at radius 3 is 2.45 bits per heavy atom. The van der Waals surface area contributed by atoms with Crippen molar-refractivity contribution in [3.63, 3.8) is 0 Å². The van der Waals surface area contributed by atoms with E-state index in [2.05, 4.69) is 65.1 Å². The molecule has 0 aliphatic carbocycles. The summed E-state index contributed by atoms with van der Waals surface area (Å²) in [6.07, 6.45) is 2.04. The van der Waals surface area contributed by atoms with Crippen LogP contribution in [0.4, 0.5) is 0 Å². The van der Waals surface area contributed by atoms with Gasteiger partial charge in [0.2, 0.25) is 0 Å². The van der Waals surface area contributed by atoms with Gasteiger partial charge in [0.05, 0.1) is 5.60 Å². The normalized spacial score (nSPS) is 15.9. The molecule has 0 aliphatic rings. The first-order valence-corrected chi connectivity index (χ1v) is 7.90. The van der Waals surface area contributed by atoms with E-state index in [9.17, 15) is 0 Å². The van der Waals surface area contributed by atoms with Gasteiger partial charge in [0, 0.05) is 12.6 Å². The molecular formula is C18H31NO. The zero-order valence-corrected chi connectivity index (χ0v) is 14.0. The molecule has 0 amide bonds. The van der Waals surface area contributed by atoms with E-state index in [1.807, 2.05) is 0 Å². The predicted molar refractivity (Wildman–Crippen MR) is 87.4 cm³/mol. The van der Waals surface area contributed by atoms with Gasteiger partial charge in [-0.15, -0.1) is 0 Å². The summed E-state index contributed by atoms with van der Waals surface area (Å²) in [6.45, 7) is 14.8. The first-order valence-electron chi connectivity index (χ1n) is 7.90. The summed E-state index contributed by atoms with van der Waals surface area (Å²) in [5, 5.41) is 3.63. The lowest BCUT2D eigenvalue weighted by Crippen LogP contribution is -2.51. The lowest BCUT2D eigenvalue weighted by molar-refractivity contribution is -0.0547. The molecule has 1 N–H and O–H groups in total. The molecule has 2 nitrogen and oxygen atoms in total. The third kappa shape index (κ3) is 4.32. The monoisotopic (exact) mass is 277 g/mol. The average Bonchev–Trinajstić information content (AvgIpc) is 2.42. The minimum Gasteiger partial charge on any atom is -0.374 e. The molecular weight excluding hydrogens is 246 g/mol. The molecule has 0 spiro atoms. The fourth-order valence-electron chi connectivity index (χ4n) is 2.77. The third-order valence-corrected chi connectivity index (χ3v) is 4.29. The van der Waals surface area contributed by atoms with Gasteiger partial charge in [0.1, 0.15) is 0 Å². The quantitative estimate of drug-likeness (QED) is 0.774. The second-order valence-corrected chi connectivity index (χ2v) is 5.84. The molecule has 0 fully saturated rings. The van der Waals surface area contributed by atoms with Gasteiger partial charge in [-0.1, -0.05) is 37.6 Å². The van der Waals surface area contributed by atoms with Crippen LogP contribution in [0.1, 0.15) is 50.8 Å². The maximum Gasteiger partial charge on any atom is 0.0807 e. The molecule has 0 bridgehead atoms. The zero-order valence-electron chi connectivity index (χ0n) is 14.0. The van der Waals surface area contributed by atoms with E-state index in [1.54, 1.807) is 0 Å². The van der Waals surface area contributed by atoms with E-state index < -0.39 is 0 Å². The van der Waals surface area contributed by atoms with Crippen molar-refractivity contribution in [3.8, 4) is 0 Å². The van der Waals surface area contributed by atoms with Gasteiger partial charge in [-0.25, -0.2) is 0 Å². The van der Waals surface area contributed by atoms with E-state index >= 15 is 0 Å². The molecule has 0 saturated carbocycles. The lowest BCUT2D eigenvalue weighted by atomic mass is 9.86. The number of nitrogens with one attached hydrogen (secondary N) is 1. The van der Waals surface area contributed by atoms with Crippen LogP contribution in [0.2, 0.25) is 0 Å². The molecule has 2 atom stereocenters. The fourth-order valence-corrected chi connectivity index (χ4v) is 2.77. The lowest BCUT2D eigenvalue weighted by Gasteiger charge is -2.38. The Hall–Kier alpha value is -0.860. The molecule has 0 radical (unpaired) electrons. The predicted octanol–water partition coefficient (Wildman–Crippen LogP) is 4.03. The Morgan fingerprint density at radius 2 is 1.90 bits per heavy atom. The summed E-state index contributed by atoms with van der Waals surface area (Å²) in [5.41, 5.74) is 4.01. The van der Waals surface area contributed by atoms with Crippen LogP contribution in [0, 0.1) is 13.8 Å².